The van der Waals surface area contributed by atoms with Crippen molar-refractivity contribution in [2.24, 2.45) is 0 Å². The zero-order chi connectivity index (χ0) is 20.8. The summed E-state index contributed by atoms with van der Waals surface area (Å²) in [6.07, 6.45) is 8.02. The molecule has 0 aliphatic carbocycles. The number of fused-ring (bicyclic) bond motifs is 2. The lowest BCUT2D eigenvalue weighted by Crippen LogP contribution is -2.04. The summed E-state index contributed by atoms with van der Waals surface area (Å²) in [6, 6.07) is 12.3. The highest BCUT2D eigenvalue weighted by Crippen LogP contribution is 2.30. The molecule has 0 bridgehead atoms. The molecule has 0 spiro atoms. The van der Waals surface area contributed by atoms with Crippen molar-refractivity contribution in [1.82, 2.24) is 39.9 Å². The van der Waals surface area contributed by atoms with Crippen molar-refractivity contribution in [3.8, 4) is 22.8 Å². The number of aromatic amines is 4. The fourth-order valence-electron chi connectivity index (χ4n) is 4.04. The van der Waals surface area contributed by atoms with Gasteiger partial charge in [-0.25, -0.2) is 19.9 Å². The van der Waals surface area contributed by atoms with Crippen LogP contribution in [0.5, 0.6) is 0 Å². The fourth-order valence-corrected chi connectivity index (χ4v) is 4.04. The van der Waals surface area contributed by atoms with Gasteiger partial charge in [0.15, 0.2) is 0 Å². The highest BCUT2D eigenvalue weighted by Gasteiger charge is 2.20. The molecule has 0 aliphatic rings. The van der Waals surface area contributed by atoms with Gasteiger partial charge in [0.2, 0.25) is 0 Å². The van der Waals surface area contributed by atoms with Crippen LogP contribution in [0.1, 0.15) is 30.9 Å². The van der Waals surface area contributed by atoms with Crippen LogP contribution < -0.4 is 0 Å². The molecule has 0 atom stereocenters. The molecule has 4 N–H and O–H groups in total. The van der Waals surface area contributed by atoms with E-state index in [0.717, 1.165) is 62.9 Å². The smallest absolute Gasteiger partial charge is 0.137 e. The van der Waals surface area contributed by atoms with Crippen molar-refractivity contribution in [1.29, 1.82) is 0 Å². The molecule has 4 heterocycles. The lowest BCUT2D eigenvalue weighted by molar-refractivity contribution is 0.694. The van der Waals surface area contributed by atoms with E-state index < -0.39 is 0 Å². The predicted octanol–water partition coefficient (Wildman–Crippen LogP) is 4.76. The Labute approximate surface area is 177 Å². The van der Waals surface area contributed by atoms with Crippen molar-refractivity contribution in [3.05, 3.63) is 72.8 Å². The molecule has 6 aromatic rings. The molecule has 152 valence electrons. The second-order valence-corrected chi connectivity index (χ2v) is 7.54. The first-order chi connectivity index (χ1) is 15.3. The van der Waals surface area contributed by atoms with Crippen LogP contribution in [-0.4, -0.2) is 39.9 Å². The Bertz CT molecular complexity index is 1360. The Hall–Kier alpha value is -4.20. The lowest BCUT2D eigenvalue weighted by atomic mass is 10.1. The van der Waals surface area contributed by atoms with Crippen LogP contribution in [0.3, 0.4) is 0 Å². The molecule has 4 aromatic heterocycles. The zero-order valence-electron chi connectivity index (χ0n) is 16.8. The van der Waals surface area contributed by atoms with E-state index in [4.69, 9.17) is 9.97 Å². The van der Waals surface area contributed by atoms with Gasteiger partial charge in [-0.2, -0.15) is 0 Å². The summed E-state index contributed by atoms with van der Waals surface area (Å²) in [5.41, 5.74) is 5.85. The molecular formula is C23H20N8. The molecular weight excluding hydrogens is 388 g/mol. The summed E-state index contributed by atoms with van der Waals surface area (Å²) < 4.78 is 0. The molecule has 0 aliphatic heterocycles. The maximum absolute atomic E-state index is 4.89. The molecule has 0 saturated heterocycles. The van der Waals surface area contributed by atoms with E-state index in [0.29, 0.717) is 0 Å². The third kappa shape index (κ3) is 3.00. The fraction of sp³-hybridized carbons (Fsp3) is 0.130. The van der Waals surface area contributed by atoms with E-state index in [-0.39, 0.29) is 5.92 Å². The number of hydrogen-bond donors (Lipinski definition) is 4. The van der Waals surface area contributed by atoms with E-state index in [9.17, 15) is 0 Å². The minimum atomic E-state index is 0.0407. The molecule has 6 rings (SSSR count). The molecule has 2 aromatic carbocycles. The van der Waals surface area contributed by atoms with Gasteiger partial charge in [0.1, 0.15) is 23.3 Å². The van der Waals surface area contributed by atoms with E-state index >= 15 is 0 Å². The number of nitrogens with zero attached hydrogens (tertiary/aromatic N) is 4. The summed E-state index contributed by atoms with van der Waals surface area (Å²) in [5, 5.41) is 0. The van der Waals surface area contributed by atoms with E-state index in [1.807, 2.05) is 36.7 Å². The van der Waals surface area contributed by atoms with E-state index in [2.05, 4.69) is 49.0 Å². The lowest BCUT2D eigenvalue weighted by Gasteiger charge is -2.08. The summed E-state index contributed by atoms with van der Waals surface area (Å²) in [4.78, 5) is 31.7. The Morgan fingerprint density at radius 1 is 0.742 bits per heavy atom. The number of aromatic nitrogens is 8. The van der Waals surface area contributed by atoms with Crippen LogP contribution in [0.25, 0.3) is 44.8 Å². The highest BCUT2D eigenvalue weighted by molar-refractivity contribution is 5.82. The normalized spacial score (nSPS) is 11.8. The second-order valence-electron chi connectivity index (χ2n) is 7.54. The molecule has 0 unspecified atom stereocenters. The molecule has 8 nitrogen and oxygen atoms in total. The molecule has 0 amide bonds. The van der Waals surface area contributed by atoms with Gasteiger partial charge in [0, 0.05) is 35.9 Å². The van der Waals surface area contributed by atoms with Crippen molar-refractivity contribution < 1.29 is 0 Å². The summed E-state index contributed by atoms with van der Waals surface area (Å²) in [6.45, 7) is 2.15. The van der Waals surface area contributed by atoms with Gasteiger partial charge in [-0.05, 0) is 42.8 Å². The van der Waals surface area contributed by atoms with Gasteiger partial charge in [0.05, 0.1) is 28.0 Å². The number of H-pyrrole nitrogens is 4. The summed E-state index contributed by atoms with van der Waals surface area (Å²) in [7, 11) is 0. The average Bonchev–Trinajstić information content (AvgIpc) is 3.59. The quantitative estimate of drug-likeness (QED) is 0.329. The van der Waals surface area contributed by atoms with Crippen molar-refractivity contribution in [2.45, 2.75) is 19.3 Å². The first-order valence-electron chi connectivity index (χ1n) is 10.3. The minimum Gasteiger partial charge on any atom is -0.345 e. The van der Waals surface area contributed by atoms with Gasteiger partial charge in [-0.1, -0.05) is 6.92 Å². The maximum atomic E-state index is 4.89. The van der Waals surface area contributed by atoms with Crippen LogP contribution in [-0.2, 0) is 0 Å². The predicted molar refractivity (Wildman–Crippen MR) is 119 cm³/mol. The van der Waals surface area contributed by atoms with Crippen LogP contribution in [0.2, 0.25) is 0 Å². The minimum absolute atomic E-state index is 0.0407. The largest absolute Gasteiger partial charge is 0.345 e. The first kappa shape index (κ1) is 17.6. The summed E-state index contributed by atoms with van der Waals surface area (Å²) >= 11 is 0. The highest BCUT2D eigenvalue weighted by atomic mass is 15.0. The van der Waals surface area contributed by atoms with E-state index in [1.54, 1.807) is 12.4 Å². The monoisotopic (exact) mass is 408 g/mol. The Morgan fingerprint density at radius 2 is 1.26 bits per heavy atom. The maximum Gasteiger partial charge on any atom is 0.137 e. The van der Waals surface area contributed by atoms with Gasteiger partial charge in [-0.15, -0.1) is 0 Å². The standard InChI is InChI=1S/C23H20N8/c1-2-15(22-28-16-5-3-13(11-18(16)30-22)20-24-7-8-25-20)23-29-17-6-4-14(12-19(17)31-23)21-26-9-10-27-21/h3-12,15H,2H2,1H3,(H,24,25)(H,26,27)(H,28,30)(H,29,31). The Kier molecular flexibility index (Phi) is 3.95. The van der Waals surface area contributed by atoms with Gasteiger partial charge >= 0.3 is 0 Å². The Morgan fingerprint density at radius 3 is 1.68 bits per heavy atom. The SMILES string of the molecule is CCC(c1nc2cc(-c3ncc[nH]3)ccc2[nH]1)c1nc2cc(-c3ncc[nH]3)ccc2[nH]1. The number of rotatable bonds is 5. The third-order valence-electron chi connectivity index (χ3n) is 5.61. The average molecular weight is 408 g/mol. The number of imidazole rings is 4. The van der Waals surface area contributed by atoms with Gasteiger partial charge < -0.3 is 19.9 Å². The van der Waals surface area contributed by atoms with Gasteiger partial charge in [-0.3, -0.25) is 0 Å². The molecule has 0 fully saturated rings. The second kappa shape index (κ2) is 6.94. The number of hydrogen-bond acceptors (Lipinski definition) is 4. The first-order valence-corrected chi connectivity index (χ1v) is 10.3. The number of nitrogens with one attached hydrogen (secondary N) is 4. The summed E-state index contributed by atoms with van der Waals surface area (Å²) in [5.74, 6) is 3.52. The van der Waals surface area contributed by atoms with Crippen LogP contribution in [0, 0.1) is 0 Å². The topological polar surface area (TPSA) is 115 Å². The molecule has 0 radical (unpaired) electrons. The van der Waals surface area contributed by atoms with Crippen molar-refractivity contribution in [2.75, 3.05) is 0 Å². The molecule has 0 saturated carbocycles. The third-order valence-corrected chi connectivity index (χ3v) is 5.61. The molecule has 31 heavy (non-hydrogen) atoms. The van der Waals surface area contributed by atoms with Crippen LogP contribution >= 0.6 is 0 Å². The van der Waals surface area contributed by atoms with Crippen LogP contribution in [0.15, 0.2) is 61.2 Å². The van der Waals surface area contributed by atoms with Crippen LogP contribution in [0.4, 0.5) is 0 Å². The van der Waals surface area contributed by atoms with Crippen molar-refractivity contribution in [3.63, 3.8) is 0 Å². The Balaban J connectivity index is 1.38. The van der Waals surface area contributed by atoms with E-state index in [1.165, 1.54) is 0 Å². The van der Waals surface area contributed by atoms with Gasteiger partial charge in [0.25, 0.3) is 0 Å². The zero-order valence-corrected chi connectivity index (χ0v) is 16.8. The molecule has 8 heteroatoms. The number of benzene rings is 2. The van der Waals surface area contributed by atoms with Crippen molar-refractivity contribution >= 4 is 22.1 Å².